The van der Waals surface area contributed by atoms with E-state index in [-0.39, 0.29) is 0 Å². The Morgan fingerprint density at radius 3 is 2.79 bits per heavy atom. The molecule has 3 atom stereocenters. The first-order chi connectivity index (χ1) is 9.31. The molecular formula is C16H24N2S. The summed E-state index contributed by atoms with van der Waals surface area (Å²) in [5, 5.41) is 0. The van der Waals surface area contributed by atoms with Crippen molar-refractivity contribution in [3.63, 3.8) is 0 Å². The minimum atomic E-state index is 0.323. The van der Waals surface area contributed by atoms with Gasteiger partial charge in [-0.25, -0.2) is 0 Å². The van der Waals surface area contributed by atoms with Crippen LogP contribution in [0.25, 0.3) is 0 Å². The Labute approximate surface area is 120 Å². The molecule has 0 amide bonds. The van der Waals surface area contributed by atoms with Gasteiger partial charge in [0.2, 0.25) is 0 Å². The number of nitrogens with two attached hydrogens (primary N) is 1. The molecule has 0 aromatic heterocycles. The van der Waals surface area contributed by atoms with Crippen LogP contribution >= 0.6 is 11.8 Å². The number of rotatable bonds is 6. The van der Waals surface area contributed by atoms with Crippen molar-refractivity contribution in [2.75, 3.05) is 18.8 Å². The molecule has 2 unspecified atom stereocenters. The first kappa shape index (κ1) is 13.5. The number of fused-ring (bicyclic) bond motifs is 2. The molecular weight excluding hydrogens is 252 g/mol. The molecule has 1 aliphatic heterocycles. The van der Waals surface area contributed by atoms with Crippen molar-refractivity contribution < 1.29 is 0 Å². The highest BCUT2D eigenvalue weighted by molar-refractivity contribution is 7.99. The molecule has 1 saturated carbocycles. The molecule has 3 rings (SSSR count). The molecule has 2 fully saturated rings. The summed E-state index contributed by atoms with van der Waals surface area (Å²) in [5.41, 5.74) is 6.25. The molecule has 1 saturated heterocycles. The normalized spacial score (nSPS) is 27.8. The first-order valence-corrected chi connectivity index (χ1v) is 8.47. The van der Waals surface area contributed by atoms with Crippen molar-refractivity contribution in [3.8, 4) is 0 Å². The van der Waals surface area contributed by atoms with Gasteiger partial charge < -0.3 is 10.6 Å². The van der Waals surface area contributed by atoms with E-state index in [9.17, 15) is 0 Å². The topological polar surface area (TPSA) is 29.3 Å². The fourth-order valence-electron chi connectivity index (χ4n) is 3.44. The van der Waals surface area contributed by atoms with Gasteiger partial charge in [-0.05, 0) is 50.3 Å². The minimum absolute atomic E-state index is 0.323. The van der Waals surface area contributed by atoms with E-state index >= 15 is 0 Å². The van der Waals surface area contributed by atoms with Gasteiger partial charge in [-0.2, -0.15) is 0 Å². The van der Waals surface area contributed by atoms with Crippen molar-refractivity contribution in [2.45, 2.75) is 42.7 Å². The van der Waals surface area contributed by atoms with Gasteiger partial charge in [0.25, 0.3) is 0 Å². The molecule has 2 aliphatic rings. The molecule has 2 bridgehead atoms. The van der Waals surface area contributed by atoms with Gasteiger partial charge in [0.15, 0.2) is 0 Å². The van der Waals surface area contributed by atoms with Gasteiger partial charge in [-0.15, -0.1) is 11.8 Å². The molecule has 104 valence electrons. The van der Waals surface area contributed by atoms with Gasteiger partial charge in [-0.3, -0.25) is 0 Å². The van der Waals surface area contributed by atoms with Crippen molar-refractivity contribution >= 4 is 11.8 Å². The van der Waals surface area contributed by atoms with E-state index in [1.807, 2.05) is 11.8 Å². The summed E-state index contributed by atoms with van der Waals surface area (Å²) in [5.74, 6) is 2.03. The van der Waals surface area contributed by atoms with E-state index in [4.69, 9.17) is 5.73 Å². The minimum Gasteiger partial charge on any atom is -0.327 e. The van der Waals surface area contributed by atoms with Crippen molar-refractivity contribution in [2.24, 2.45) is 11.7 Å². The average molecular weight is 276 g/mol. The largest absolute Gasteiger partial charge is 0.327 e. The maximum Gasteiger partial charge on any atom is 0.0146 e. The number of nitrogens with zero attached hydrogens (tertiary/aromatic N) is 1. The summed E-state index contributed by atoms with van der Waals surface area (Å²) < 4.78 is 0. The van der Waals surface area contributed by atoms with E-state index in [1.165, 1.54) is 37.2 Å². The maximum absolute atomic E-state index is 6.25. The van der Waals surface area contributed by atoms with Crippen LogP contribution in [0.1, 0.15) is 25.7 Å². The fourth-order valence-corrected chi connectivity index (χ4v) is 4.36. The lowest BCUT2D eigenvalue weighted by Gasteiger charge is -2.27. The number of hydrogen-bond acceptors (Lipinski definition) is 3. The lowest BCUT2D eigenvalue weighted by Crippen LogP contribution is -2.36. The van der Waals surface area contributed by atoms with Crippen LogP contribution < -0.4 is 5.73 Å². The van der Waals surface area contributed by atoms with Crippen LogP contribution in [0.2, 0.25) is 0 Å². The highest BCUT2D eigenvalue weighted by Crippen LogP contribution is 2.37. The molecule has 1 aromatic carbocycles. The Hall–Kier alpha value is -0.510. The van der Waals surface area contributed by atoms with Crippen LogP contribution in [-0.4, -0.2) is 35.8 Å². The zero-order valence-electron chi connectivity index (χ0n) is 11.5. The summed E-state index contributed by atoms with van der Waals surface area (Å²) >= 11 is 1.88. The van der Waals surface area contributed by atoms with E-state index in [0.717, 1.165) is 24.1 Å². The Balaban J connectivity index is 1.36. The highest BCUT2D eigenvalue weighted by atomic mass is 32.2. The van der Waals surface area contributed by atoms with Crippen LogP contribution in [0.4, 0.5) is 0 Å². The predicted molar refractivity (Wildman–Crippen MR) is 82.5 cm³/mol. The lowest BCUT2D eigenvalue weighted by atomic mass is 10.1. The van der Waals surface area contributed by atoms with Gasteiger partial charge in [0, 0.05) is 29.3 Å². The maximum atomic E-state index is 6.25. The monoisotopic (exact) mass is 276 g/mol. The fraction of sp³-hybridized carbons (Fsp3) is 0.625. The Kier molecular flexibility index (Phi) is 4.46. The van der Waals surface area contributed by atoms with Gasteiger partial charge in [0.05, 0.1) is 0 Å². The molecule has 1 aliphatic carbocycles. The second-order valence-corrected chi connectivity index (χ2v) is 7.09. The number of likely N-dealkylation sites (tertiary alicyclic amines) is 1. The third-order valence-electron chi connectivity index (χ3n) is 4.52. The van der Waals surface area contributed by atoms with Crippen molar-refractivity contribution in [3.05, 3.63) is 30.3 Å². The SMILES string of the molecule is N[C@H](CCN1CC2CCC1C2)CSc1ccccc1. The van der Waals surface area contributed by atoms with Crippen LogP contribution in [0.5, 0.6) is 0 Å². The number of piperidine rings is 1. The summed E-state index contributed by atoms with van der Waals surface area (Å²) in [6, 6.07) is 11.8. The molecule has 2 nitrogen and oxygen atoms in total. The molecule has 1 heterocycles. The third kappa shape index (κ3) is 3.53. The van der Waals surface area contributed by atoms with Crippen molar-refractivity contribution in [1.29, 1.82) is 0 Å². The zero-order valence-corrected chi connectivity index (χ0v) is 12.3. The summed E-state index contributed by atoms with van der Waals surface area (Å²) in [4.78, 5) is 4.01. The van der Waals surface area contributed by atoms with Crippen LogP contribution in [-0.2, 0) is 0 Å². The predicted octanol–water partition coefficient (Wildman–Crippen LogP) is 2.98. The van der Waals surface area contributed by atoms with Gasteiger partial charge in [-0.1, -0.05) is 18.2 Å². The summed E-state index contributed by atoms with van der Waals surface area (Å²) in [6.45, 7) is 2.54. The average Bonchev–Trinajstić information content (AvgIpc) is 3.06. The number of benzene rings is 1. The molecule has 2 N–H and O–H groups in total. The smallest absolute Gasteiger partial charge is 0.0146 e. The Morgan fingerprint density at radius 2 is 2.11 bits per heavy atom. The van der Waals surface area contributed by atoms with Crippen molar-refractivity contribution in [1.82, 2.24) is 4.90 Å². The second kappa shape index (κ2) is 6.29. The number of hydrogen-bond donors (Lipinski definition) is 1. The summed E-state index contributed by atoms with van der Waals surface area (Å²) in [6.07, 6.45) is 5.49. The van der Waals surface area contributed by atoms with E-state index in [1.54, 1.807) is 0 Å². The van der Waals surface area contributed by atoms with Crippen LogP contribution in [0.15, 0.2) is 35.2 Å². The Morgan fingerprint density at radius 1 is 1.26 bits per heavy atom. The van der Waals surface area contributed by atoms with E-state index in [2.05, 4.69) is 35.2 Å². The zero-order chi connectivity index (χ0) is 13.1. The first-order valence-electron chi connectivity index (χ1n) is 7.49. The molecule has 0 spiro atoms. The van der Waals surface area contributed by atoms with Crippen LogP contribution in [0.3, 0.4) is 0 Å². The lowest BCUT2D eigenvalue weighted by molar-refractivity contribution is 0.208. The molecule has 0 radical (unpaired) electrons. The molecule has 1 aromatic rings. The summed E-state index contributed by atoms with van der Waals surface area (Å²) in [7, 11) is 0. The third-order valence-corrected chi connectivity index (χ3v) is 5.72. The van der Waals surface area contributed by atoms with Gasteiger partial charge >= 0.3 is 0 Å². The second-order valence-electron chi connectivity index (χ2n) is 6.00. The van der Waals surface area contributed by atoms with E-state index in [0.29, 0.717) is 6.04 Å². The van der Waals surface area contributed by atoms with Gasteiger partial charge in [0.1, 0.15) is 0 Å². The quantitative estimate of drug-likeness (QED) is 0.810. The highest BCUT2D eigenvalue weighted by Gasteiger charge is 2.37. The van der Waals surface area contributed by atoms with E-state index < -0.39 is 0 Å². The van der Waals surface area contributed by atoms with Crippen LogP contribution in [0, 0.1) is 5.92 Å². The molecule has 3 heteroatoms. The Bertz CT molecular complexity index is 395. The number of thioether (sulfide) groups is 1. The standard InChI is InChI=1S/C16H24N2S/c17-14(12-19-16-4-2-1-3-5-16)8-9-18-11-13-6-7-15(18)10-13/h1-5,13-15H,6-12,17H2/t13?,14-,15?/m1/s1. The molecule has 19 heavy (non-hydrogen) atoms.